The SMILES string of the molecule is CC(C)(C)OC(=O)NC1CCC(COc2cnc(-c3cccc(CCl)c3)nc2)CC1. The number of benzene rings is 1. The molecule has 1 aromatic heterocycles. The molecule has 30 heavy (non-hydrogen) atoms. The van der Waals surface area contributed by atoms with E-state index in [0.29, 0.717) is 30.0 Å². The quantitative estimate of drug-likeness (QED) is 0.624. The van der Waals surface area contributed by atoms with Crippen LogP contribution in [0.1, 0.15) is 52.0 Å². The summed E-state index contributed by atoms with van der Waals surface area (Å²) in [6, 6.07) is 8.06. The number of rotatable bonds is 6. The molecule has 0 spiro atoms. The average Bonchev–Trinajstić information content (AvgIpc) is 2.72. The first-order chi connectivity index (χ1) is 14.3. The van der Waals surface area contributed by atoms with E-state index in [1.165, 1.54) is 0 Å². The molecule has 0 radical (unpaired) electrons. The van der Waals surface area contributed by atoms with Crippen LogP contribution in [0.3, 0.4) is 0 Å². The second-order valence-electron chi connectivity index (χ2n) is 8.75. The van der Waals surface area contributed by atoms with E-state index >= 15 is 0 Å². The van der Waals surface area contributed by atoms with Crippen LogP contribution in [-0.2, 0) is 10.6 Å². The summed E-state index contributed by atoms with van der Waals surface area (Å²) in [6.45, 7) is 6.24. The van der Waals surface area contributed by atoms with Gasteiger partial charge in [0, 0.05) is 17.5 Å². The Morgan fingerprint density at radius 1 is 1.17 bits per heavy atom. The van der Waals surface area contributed by atoms with Gasteiger partial charge in [-0.3, -0.25) is 0 Å². The van der Waals surface area contributed by atoms with Gasteiger partial charge in [0.25, 0.3) is 0 Å². The Labute approximate surface area is 183 Å². The first-order valence-corrected chi connectivity index (χ1v) is 11.0. The van der Waals surface area contributed by atoms with Crippen molar-refractivity contribution >= 4 is 17.7 Å². The Kier molecular flexibility index (Phi) is 7.53. The molecule has 0 bridgehead atoms. The predicted molar refractivity (Wildman–Crippen MR) is 118 cm³/mol. The van der Waals surface area contributed by atoms with E-state index in [2.05, 4.69) is 15.3 Å². The van der Waals surface area contributed by atoms with Crippen LogP contribution in [0.4, 0.5) is 4.79 Å². The number of amides is 1. The number of alkyl halides is 1. The van der Waals surface area contributed by atoms with E-state index in [0.717, 1.165) is 36.8 Å². The fourth-order valence-electron chi connectivity index (χ4n) is 3.50. The molecule has 162 valence electrons. The van der Waals surface area contributed by atoms with Crippen LogP contribution in [0.2, 0.25) is 0 Å². The summed E-state index contributed by atoms with van der Waals surface area (Å²) in [4.78, 5) is 20.7. The third-order valence-corrected chi connectivity index (χ3v) is 5.33. The number of ether oxygens (including phenoxy) is 2. The van der Waals surface area contributed by atoms with Crippen molar-refractivity contribution in [2.24, 2.45) is 5.92 Å². The van der Waals surface area contributed by atoms with Crippen LogP contribution < -0.4 is 10.1 Å². The zero-order valence-electron chi connectivity index (χ0n) is 17.9. The summed E-state index contributed by atoms with van der Waals surface area (Å²) in [7, 11) is 0. The van der Waals surface area contributed by atoms with Gasteiger partial charge in [-0.15, -0.1) is 11.6 Å². The van der Waals surface area contributed by atoms with Crippen molar-refractivity contribution in [2.45, 2.75) is 64.0 Å². The number of aromatic nitrogens is 2. The first kappa shape index (κ1) is 22.3. The second kappa shape index (κ2) is 10.1. The number of carbonyl (C=O) groups is 1. The van der Waals surface area contributed by atoms with Gasteiger partial charge in [-0.1, -0.05) is 18.2 Å². The highest BCUT2D eigenvalue weighted by molar-refractivity contribution is 6.17. The molecule has 2 aromatic rings. The number of nitrogens with zero attached hydrogens (tertiary/aromatic N) is 2. The van der Waals surface area contributed by atoms with Crippen LogP contribution in [0.15, 0.2) is 36.7 Å². The highest BCUT2D eigenvalue weighted by Crippen LogP contribution is 2.26. The van der Waals surface area contributed by atoms with Crippen molar-refractivity contribution < 1.29 is 14.3 Å². The number of hydrogen-bond donors (Lipinski definition) is 1. The van der Waals surface area contributed by atoms with Gasteiger partial charge in [0.05, 0.1) is 19.0 Å². The van der Waals surface area contributed by atoms with Crippen LogP contribution in [0.5, 0.6) is 5.75 Å². The summed E-state index contributed by atoms with van der Waals surface area (Å²) in [5.74, 6) is 2.25. The molecule has 1 heterocycles. The largest absolute Gasteiger partial charge is 0.490 e. The molecule has 1 amide bonds. The number of halogens is 1. The maximum atomic E-state index is 11.9. The third kappa shape index (κ3) is 6.87. The van der Waals surface area contributed by atoms with Crippen LogP contribution in [0, 0.1) is 5.92 Å². The topological polar surface area (TPSA) is 73.3 Å². The van der Waals surface area contributed by atoms with E-state index in [1.54, 1.807) is 12.4 Å². The fraction of sp³-hybridized carbons (Fsp3) is 0.522. The molecule has 0 atom stereocenters. The smallest absolute Gasteiger partial charge is 0.407 e. The molecular formula is C23H30ClN3O3. The van der Waals surface area contributed by atoms with E-state index in [1.807, 2.05) is 45.0 Å². The van der Waals surface area contributed by atoms with Crippen LogP contribution in [-0.4, -0.2) is 34.3 Å². The van der Waals surface area contributed by atoms with Crippen LogP contribution >= 0.6 is 11.6 Å². The molecule has 0 saturated heterocycles. The lowest BCUT2D eigenvalue weighted by molar-refractivity contribution is 0.0483. The van der Waals surface area contributed by atoms with Gasteiger partial charge in [0.2, 0.25) is 0 Å². The number of nitrogens with one attached hydrogen (secondary N) is 1. The minimum Gasteiger partial charge on any atom is -0.490 e. The molecule has 1 fully saturated rings. The average molecular weight is 432 g/mol. The molecule has 7 heteroatoms. The minimum absolute atomic E-state index is 0.169. The molecule has 1 N–H and O–H groups in total. The van der Waals surface area contributed by atoms with Gasteiger partial charge < -0.3 is 14.8 Å². The Morgan fingerprint density at radius 3 is 2.50 bits per heavy atom. The van der Waals surface area contributed by atoms with Gasteiger partial charge in [-0.25, -0.2) is 14.8 Å². The molecule has 0 aliphatic heterocycles. The molecule has 1 aromatic carbocycles. The van der Waals surface area contributed by atoms with Gasteiger partial charge in [-0.2, -0.15) is 0 Å². The van der Waals surface area contributed by atoms with Crippen molar-refractivity contribution in [3.8, 4) is 17.1 Å². The summed E-state index contributed by atoms with van der Waals surface area (Å²) in [6.07, 6.45) is 6.96. The molecule has 1 aliphatic carbocycles. The molecule has 1 saturated carbocycles. The summed E-state index contributed by atoms with van der Waals surface area (Å²) in [5.41, 5.74) is 1.50. The highest BCUT2D eigenvalue weighted by Gasteiger charge is 2.25. The van der Waals surface area contributed by atoms with Crippen molar-refractivity contribution in [1.82, 2.24) is 15.3 Å². The zero-order valence-corrected chi connectivity index (χ0v) is 18.6. The Balaban J connectivity index is 1.43. The van der Waals surface area contributed by atoms with Gasteiger partial charge in [0.1, 0.15) is 5.60 Å². The Morgan fingerprint density at radius 2 is 1.87 bits per heavy atom. The van der Waals surface area contributed by atoms with E-state index in [4.69, 9.17) is 21.1 Å². The molecular weight excluding hydrogens is 402 g/mol. The van der Waals surface area contributed by atoms with Crippen molar-refractivity contribution in [3.05, 3.63) is 42.2 Å². The van der Waals surface area contributed by atoms with Crippen molar-refractivity contribution in [2.75, 3.05) is 6.61 Å². The molecule has 0 unspecified atom stereocenters. The lowest BCUT2D eigenvalue weighted by Gasteiger charge is -2.30. The van der Waals surface area contributed by atoms with Gasteiger partial charge in [0.15, 0.2) is 11.6 Å². The van der Waals surface area contributed by atoms with E-state index in [-0.39, 0.29) is 12.1 Å². The monoisotopic (exact) mass is 431 g/mol. The number of alkyl carbamates (subject to hydrolysis) is 1. The predicted octanol–water partition coefficient (Wildman–Crippen LogP) is 5.34. The maximum absolute atomic E-state index is 11.9. The molecule has 1 aliphatic rings. The van der Waals surface area contributed by atoms with Gasteiger partial charge in [-0.05, 0) is 64.0 Å². The van der Waals surface area contributed by atoms with E-state index < -0.39 is 5.60 Å². The highest BCUT2D eigenvalue weighted by atomic mass is 35.5. The van der Waals surface area contributed by atoms with Crippen molar-refractivity contribution in [1.29, 1.82) is 0 Å². The lowest BCUT2D eigenvalue weighted by Crippen LogP contribution is -2.41. The molecule has 6 nitrogen and oxygen atoms in total. The Bertz CT molecular complexity index is 828. The second-order valence-corrected chi connectivity index (χ2v) is 9.02. The zero-order chi connectivity index (χ0) is 21.6. The van der Waals surface area contributed by atoms with Crippen molar-refractivity contribution in [3.63, 3.8) is 0 Å². The normalized spacial score (nSPS) is 19.2. The standard InChI is InChI=1S/C23H30ClN3O3/c1-23(2,3)30-22(28)27-19-9-7-16(8-10-19)15-29-20-13-25-21(26-14-20)18-6-4-5-17(11-18)12-24/h4-6,11,13-14,16,19H,7-10,12,15H2,1-3H3,(H,27,28). The number of hydrogen-bond acceptors (Lipinski definition) is 5. The lowest BCUT2D eigenvalue weighted by atomic mass is 9.86. The van der Waals surface area contributed by atoms with Crippen LogP contribution in [0.25, 0.3) is 11.4 Å². The molecule has 3 rings (SSSR count). The van der Waals surface area contributed by atoms with E-state index in [9.17, 15) is 4.79 Å². The maximum Gasteiger partial charge on any atom is 0.407 e. The first-order valence-electron chi connectivity index (χ1n) is 10.4. The minimum atomic E-state index is -0.473. The van der Waals surface area contributed by atoms with Gasteiger partial charge >= 0.3 is 6.09 Å². The number of carbonyl (C=O) groups excluding carboxylic acids is 1. The fourth-order valence-corrected chi connectivity index (χ4v) is 3.66. The summed E-state index contributed by atoms with van der Waals surface area (Å²) in [5, 5.41) is 2.97. The third-order valence-electron chi connectivity index (χ3n) is 5.02. The summed E-state index contributed by atoms with van der Waals surface area (Å²) < 4.78 is 11.2. The Hall–Kier alpha value is -2.34. The summed E-state index contributed by atoms with van der Waals surface area (Å²) >= 11 is 5.90.